The molecule has 2 aromatic rings. The summed E-state index contributed by atoms with van der Waals surface area (Å²) < 4.78 is 5.72. The molecule has 1 aromatic carbocycles. The van der Waals surface area contributed by atoms with Gasteiger partial charge in [-0.15, -0.1) is 11.6 Å². The molecule has 2 rings (SSSR count). The van der Waals surface area contributed by atoms with Gasteiger partial charge in [0.2, 0.25) is 0 Å². The third-order valence-electron chi connectivity index (χ3n) is 2.67. The molecule has 0 radical (unpaired) electrons. The first kappa shape index (κ1) is 11.3. The fourth-order valence-corrected chi connectivity index (χ4v) is 2.00. The maximum atomic E-state index is 5.90. The Kier molecular flexibility index (Phi) is 3.35. The molecule has 0 atom stereocenters. The SMILES string of the molecule is CC(C)C(=Cc1cc2ccccc2o1)CCl. The van der Waals surface area contributed by atoms with Crippen LogP contribution in [-0.2, 0) is 0 Å². The van der Waals surface area contributed by atoms with Crippen molar-refractivity contribution in [1.82, 2.24) is 0 Å². The summed E-state index contributed by atoms with van der Waals surface area (Å²) in [6.45, 7) is 4.27. The van der Waals surface area contributed by atoms with E-state index in [0.29, 0.717) is 11.8 Å². The zero-order chi connectivity index (χ0) is 11.5. The number of alkyl halides is 1. The number of para-hydroxylation sites is 1. The Labute approximate surface area is 101 Å². The van der Waals surface area contributed by atoms with Crippen LogP contribution in [0, 0.1) is 5.92 Å². The number of hydrogen-bond acceptors (Lipinski definition) is 1. The minimum absolute atomic E-state index is 0.450. The average Bonchev–Trinajstić information content (AvgIpc) is 2.67. The molecule has 2 heteroatoms. The Balaban J connectivity index is 2.40. The van der Waals surface area contributed by atoms with Gasteiger partial charge in [0.1, 0.15) is 11.3 Å². The molecule has 1 heterocycles. The highest BCUT2D eigenvalue weighted by Crippen LogP contribution is 2.23. The lowest BCUT2D eigenvalue weighted by atomic mass is 10.0. The van der Waals surface area contributed by atoms with Gasteiger partial charge in [-0.3, -0.25) is 0 Å². The van der Waals surface area contributed by atoms with E-state index in [-0.39, 0.29) is 0 Å². The lowest BCUT2D eigenvalue weighted by Crippen LogP contribution is -1.94. The zero-order valence-electron chi connectivity index (χ0n) is 9.53. The normalized spacial score (nSPS) is 12.6. The van der Waals surface area contributed by atoms with Crippen molar-refractivity contribution in [2.75, 3.05) is 5.88 Å². The number of furan rings is 1. The van der Waals surface area contributed by atoms with Crippen LogP contribution in [0.2, 0.25) is 0 Å². The molecule has 0 aliphatic heterocycles. The van der Waals surface area contributed by atoms with Gasteiger partial charge in [-0.1, -0.05) is 32.0 Å². The van der Waals surface area contributed by atoms with Crippen molar-refractivity contribution in [3.8, 4) is 0 Å². The smallest absolute Gasteiger partial charge is 0.134 e. The molecule has 0 unspecified atom stereocenters. The number of benzene rings is 1. The van der Waals surface area contributed by atoms with Crippen LogP contribution in [0.25, 0.3) is 17.0 Å². The van der Waals surface area contributed by atoms with Crippen molar-refractivity contribution in [2.24, 2.45) is 5.92 Å². The second-order valence-electron chi connectivity index (χ2n) is 4.19. The van der Waals surface area contributed by atoms with E-state index in [1.54, 1.807) is 0 Å². The Bertz CT molecular complexity index is 475. The van der Waals surface area contributed by atoms with Crippen molar-refractivity contribution in [1.29, 1.82) is 0 Å². The minimum atomic E-state index is 0.450. The van der Waals surface area contributed by atoms with E-state index in [0.717, 1.165) is 16.7 Å². The van der Waals surface area contributed by atoms with Gasteiger partial charge < -0.3 is 4.42 Å². The summed E-state index contributed by atoms with van der Waals surface area (Å²) in [7, 11) is 0. The highest BCUT2D eigenvalue weighted by molar-refractivity contribution is 6.19. The van der Waals surface area contributed by atoms with Crippen LogP contribution >= 0.6 is 11.6 Å². The van der Waals surface area contributed by atoms with E-state index in [4.69, 9.17) is 16.0 Å². The molecule has 1 nitrogen and oxygen atoms in total. The second-order valence-corrected chi connectivity index (χ2v) is 4.46. The molecule has 0 spiro atoms. The van der Waals surface area contributed by atoms with Crippen molar-refractivity contribution >= 4 is 28.6 Å². The van der Waals surface area contributed by atoms with Crippen LogP contribution in [0.1, 0.15) is 19.6 Å². The Morgan fingerprint density at radius 2 is 2.12 bits per heavy atom. The fraction of sp³-hybridized carbons (Fsp3) is 0.286. The molecule has 0 amide bonds. The number of halogens is 1. The molecule has 0 aliphatic rings. The van der Waals surface area contributed by atoms with Gasteiger partial charge in [-0.2, -0.15) is 0 Å². The summed E-state index contributed by atoms with van der Waals surface area (Å²) in [5, 5.41) is 1.13. The Morgan fingerprint density at radius 3 is 2.75 bits per heavy atom. The third kappa shape index (κ3) is 2.30. The standard InChI is InChI=1S/C14H15ClO/c1-10(2)12(9-15)8-13-7-11-5-3-4-6-14(11)16-13/h3-8,10H,9H2,1-2H3. The topological polar surface area (TPSA) is 13.1 Å². The zero-order valence-corrected chi connectivity index (χ0v) is 10.3. The molecule has 0 saturated carbocycles. The van der Waals surface area contributed by atoms with E-state index < -0.39 is 0 Å². The predicted molar refractivity (Wildman–Crippen MR) is 69.7 cm³/mol. The van der Waals surface area contributed by atoms with Gasteiger partial charge in [0.05, 0.1) is 0 Å². The van der Waals surface area contributed by atoms with Crippen molar-refractivity contribution in [2.45, 2.75) is 13.8 Å². The first-order chi connectivity index (χ1) is 7.70. The van der Waals surface area contributed by atoms with E-state index in [1.807, 2.05) is 36.4 Å². The van der Waals surface area contributed by atoms with Crippen LogP contribution in [-0.4, -0.2) is 5.88 Å². The Hall–Kier alpha value is -1.21. The number of hydrogen-bond donors (Lipinski definition) is 0. The first-order valence-electron chi connectivity index (χ1n) is 5.45. The van der Waals surface area contributed by atoms with Crippen molar-refractivity contribution < 1.29 is 4.42 Å². The molecule has 0 saturated heterocycles. The fourth-order valence-electron chi connectivity index (χ4n) is 1.62. The monoisotopic (exact) mass is 234 g/mol. The molecule has 0 N–H and O–H groups in total. The summed E-state index contributed by atoms with van der Waals surface area (Å²) in [4.78, 5) is 0. The third-order valence-corrected chi connectivity index (χ3v) is 2.98. The summed E-state index contributed by atoms with van der Waals surface area (Å²) >= 11 is 5.90. The minimum Gasteiger partial charge on any atom is -0.457 e. The maximum Gasteiger partial charge on any atom is 0.134 e. The summed E-state index contributed by atoms with van der Waals surface area (Å²) in [6, 6.07) is 10.1. The van der Waals surface area contributed by atoms with Gasteiger partial charge in [0.15, 0.2) is 0 Å². The number of rotatable bonds is 3. The van der Waals surface area contributed by atoms with Gasteiger partial charge in [0.25, 0.3) is 0 Å². The van der Waals surface area contributed by atoms with Crippen LogP contribution in [0.3, 0.4) is 0 Å². The average molecular weight is 235 g/mol. The first-order valence-corrected chi connectivity index (χ1v) is 5.99. The van der Waals surface area contributed by atoms with Gasteiger partial charge in [-0.25, -0.2) is 0 Å². The van der Waals surface area contributed by atoms with Crippen molar-refractivity contribution in [3.63, 3.8) is 0 Å². The molecule has 0 fully saturated rings. The maximum absolute atomic E-state index is 5.90. The van der Waals surface area contributed by atoms with Gasteiger partial charge >= 0.3 is 0 Å². The molecule has 0 bridgehead atoms. The van der Waals surface area contributed by atoms with Gasteiger partial charge in [0, 0.05) is 11.3 Å². The molecular formula is C14H15ClO. The predicted octanol–water partition coefficient (Wildman–Crippen LogP) is 4.71. The van der Waals surface area contributed by atoms with Crippen LogP contribution in [0.15, 0.2) is 40.3 Å². The van der Waals surface area contributed by atoms with Crippen LogP contribution < -0.4 is 0 Å². The molecule has 84 valence electrons. The number of fused-ring (bicyclic) bond motifs is 1. The van der Waals surface area contributed by atoms with Crippen LogP contribution in [0.4, 0.5) is 0 Å². The van der Waals surface area contributed by atoms with E-state index >= 15 is 0 Å². The highest BCUT2D eigenvalue weighted by Gasteiger charge is 2.05. The van der Waals surface area contributed by atoms with Crippen molar-refractivity contribution in [3.05, 3.63) is 41.7 Å². The summed E-state index contributed by atoms with van der Waals surface area (Å²) in [5.74, 6) is 1.88. The van der Waals surface area contributed by atoms with E-state index in [1.165, 1.54) is 5.57 Å². The van der Waals surface area contributed by atoms with E-state index in [2.05, 4.69) is 13.8 Å². The lowest BCUT2D eigenvalue weighted by Gasteiger charge is -2.05. The highest BCUT2D eigenvalue weighted by atomic mass is 35.5. The molecule has 1 aromatic heterocycles. The largest absolute Gasteiger partial charge is 0.457 e. The Morgan fingerprint density at radius 1 is 1.38 bits per heavy atom. The quantitative estimate of drug-likeness (QED) is 0.701. The molecule has 0 aliphatic carbocycles. The van der Waals surface area contributed by atoms with Crippen LogP contribution in [0.5, 0.6) is 0 Å². The lowest BCUT2D eigenvalue weighted by molar-refractivity contribution is 0.602. The number of allylic oxidation sites excluding steroid dienone is 1. The van der Waals surface area contributed by atoms with E-state index in [9.17, 15) is 0 Å². The second kappa shape index (κ2) is 4.75. The summed E-state index contributed by atoms with van der Waals surface area (Å²) in [5.41, 5.74) is 2.12. The van der Waals surface area contributed by atoms with Gasteiger partial charge in [-0.05, 0) is 29.7 Å². The molecule has 16 heavy (non-hydrogen) atoms. The summed E-state index contributed by atoms with van der Waals surface area (Å²) in [6.07, 6.45) is 2.04. The molecular weight excluding hydrogens is 220 g/mol.